The number of hydrogen-bond donors (Lipinski definition) is 0. The van der Waals surface area contributed by atoms with Gasteiger partial charge < -0.3 is 0 Å². The van der Waals surface area contributed by atoms with Gasteiger partial charge in [-0.2, -0.15) is 10.2 Å². The van der Waals surface area contributed by atoms with E-state index in [1.807, 2.05) is 6.21 Å². The second-order valence-electron chi connectivity index (χ2n) is 7.42. The van der Waals surface area contributed by atoms with Gasteiger partial charge in [0.1, 0.15) is 0 Å². The second kappa shape index (κ2) is 4.44. The van der Waals surface area contributed by atoms with Crippen LogP contribution < -0.4 is 0 Å². The molecule has 0 aromatic carbocycles. The first-order valence-electron chi connectivity index (χ1n) is 7.07. The highest BCUT2D eigenvalue weighted by molar-refractivity contribution is 7.05. The Morgan fingerprint density at radius 2 is 1.94 bits per heavy atom. The number of allylic oxidation sites excluding steroid dienone is 2. The van der Waals surface area contributed by atoms with Gasteiger partial charge in [0, 0.05) is 10.7 Å². The third kappa shape index (κ3) is 2.37. The van der Waals surface area contributed by atoms with Gasteiger partial charge in [-0.05, 0) is 30.8 Å². The fraction of sp³-hybridized carbons (Fsp3) is 0.733. The molecule has 2 rings (SSSR count). The Balaban J connectivity index is 2.49. The maximum atomic E-state index is 4.60. The molecule has 1 atom stereocenters. The highest BCUT2D eigenvalue weighted by atomic mass is 28.3. The summed E-state index contributed by atoms with van der Waals surface area (Å²) in [5, 5.41) is 10.3. The molecule has 0 aromatic rings. The summed E-state index contributed by atoms with van der Waals surface area (Å²) in [5.74, 6) is 0.791. The summed E-state index contributed by atoms with van der Waals surface area (Å²) in [5.41, 5.74) is 3.16. The standard InChI is InChI=1S/C15H26N2Si/c1-11-7-8-13-12(9-11)10-16-17-14(15(13,2)3)18(4,5)6/h10-11H,7-9H2,1-6H3/t11-/m1/s1. The fourth-order valence-electron chi connectivity index (χ4n) is 3.51. The molecule has 1 aliphatic heterocycles. The van der Waals surface area contributed by atoms with Crippen LogP contribution in [0.4, 0.5) is 0 Å². The molecule has 0 aromatic heterocycles. The van der Waals surface area contributed by atoms with E-state index in [1.54, 1.807) is 5.57 Å². The van der Waals surface area contributed by atoms with Crippen molar-refractivity contribution in [3.05, 3.63) is 11.1 Å². The van der Waals surface area contributed by atoms with E-state index in [0.717, 1.165) is 5.92 Å². The van der Waals surface area contributed by atoms with Gasteiger partial charge in [0.05, 0.1) is 14.3 Å². The van der Waals surface area contributed by atoms with Gasteiger partial charge in [-0.1, -0.05) is 46.0 Å². The van der Waals surface area contributed by atoms with Crippen LogP contribution >= 0.6 is 0 Å². The number of rotatable bonds is 1. The molecule has 100 valence electrons. The molecule has 0 saturated carbocycles. The van der Waals surface area contributed by atoms with Crippen molar-refractivity contribution in [2.75, 3.05) is 0 Å². The molecular weight excluding hydrogens is 236 g/mol. The molecule has 18 heavy (non-hydrogen) atoms. The summed E-state index contributed by atoms with van der Waals surface area (Å²) in [6.45, 7) is 14.2. The molecule has 0 unspecified atom stereocenters. The lowest BCUT2D eigenvalue weighted by molar-refractivity contribution is 0.461. The predicted molar refractivity (Wildman–Crippen MR) is 83.1 cm³/mol. The van der Waals surface area contributed by atoms with Crippen LogP contribution in [0.3, 0.4) is 0 Å². The lowest BCUT2D eigenvalue weighted by atomic mass is 9.73. The smallest absolute Gasteiger partial charge is 0.0995 e. The van der Waals surface area contributed by atoms with Crippen molar-refractivity contribution in [1.82, 2.24) is 0 Å². The van der Waals surface area contributed by atoms with Crippen molar-refractivity contribution in [3.8, 4) is 0 Å². The van der Waals surface area contributed by atoms with E-state index in [9.17, 15) is 0 Å². The van der Waals surface area contributed by atoms with Crippen LogP contribution in [-0.2, 0) is 0 Å². The third-order valence-corrected chi connectivity index (χ3v) is 6.42. The monoisotopic (exact) mass is 262 g/mol. The Labute approximate surface area is 112 Å². The average molecular weight is 262 g/mol. The zero-order valence-electron chi connectivity index (χ0n) is 12.7. The molecule has 0 bridgehead atoms. The van der Waals surface area contributed by atoms with E-state index in [1.165, 1.54) is 30.2 Å². The van der Waals surface area contributed by atoms with Crippen LogP contribution in [0.15, 0.2) is 21.3 Å². The maximum Gasteiger partial charge on any atom is 0.0995 e. The first-order valence-corrected chi connectivity index (χ1v) is 10.6. The lowest BCUT2D eigenvalue weighted by Gasteiger charge is -2.38. The van der Waals surface area contributed by atoms with Crippen LogP contribution in [0, 0.1) is 11.3 Å². The molecule has 0 saturated heterocycles. The van der Waals surface area contributed by atoms with Crippen molar-refractivity contribution in [1.29, 1.82) is 0 Å². The molecule has 0 N–H and O–H groups in total. The maximum absolute atomic E-state index is 4.60. The fourth-order valence-corrected chi connectivity index (χ4v) is 5.89. The van der Waals surface area contributed by atoms with E-state index >= 15 is 0 Å². The van der Waals surface area contributed by atoms with Gasteiger partial charge in [-0.25, -0.2) is 0 Å². The van der Waals surface area contributed by atoms with Crippen LogP contribution in [-0.4, -0.2) is 19.6 Å². The molecule has 3 heteroatoms. The topological polar surface area (TPSA) is 24.7 Å². The first-order chi connectivity index (χ1) is 8.23. The minimum atomic E-state index is -1.42. The lowest BCUT2D eigenvalue weighted by Crippen LogP contribution is -2.45. The van der Waals surface area contributed by atoms with Gasteiger partial charge in [0.25, 0.3) is 0 Å². The van der Waals surface area contributed by atoms with Crippen molar-refractivity contribution in [2.24, 2.45) is 21.5 Å². The zero-order chi connectivity index (χ0) is 13.6. The summed E-state index contributed by atoms with van der Waals surface area (Å²) in [6.07, 6.45) is 5.74. The summed E-state index contributed by atoms with van der Waals surface area (Å²) < 4.78 is 0. The first kappa shape index (κ1) is 13.7. The van der Waals surface area contributed by atoms with Gasteiger partial charge in [0.2, 0.25) is 0 Å². The molecule has 1 aliphatic carbocycles. The Bertz CT molecular complexity index is 436. The van der Waals surface area contributed by atoms with Crippen LogP contribution in [0.25, 0.3) is 0 Å². The Morgan fingerprint density at radius 3 is 2.56 bits per heavy atom. The van der Waals surface area contributed by atoms with Gasteiger partial charge in [-0.15, -0.1) is 0 Å². The van der Waals surface area contributed by atoms with Crippen molar-refractivity contribution in [2.45, 2.75) is 59.7 Å². The number of nitrogens with zero attached hydrogens (tertiary/aromatic N) is 2. The predicted octanol–water partition coefficient (Wildman–Crippen LogP) is 4.45. The van der Waals surface area contributed by atoms with Gasteiger partial charge in [-0.3, -0.25) is 0 Å². The molecule has 2 aliphatic rings. The second-order valence-corrected chi connectivity index (χ2v) is 12.4. The normalized spacial score (nSPS) is 27.7. The van der Waals surface area contributed by atoms with Crippen molar-refractivity contribution < 1.29 is 0 Å². The SMILES string of the molecule is C[C@@H]1CCC2=C(C=NN=C([Si](C)(C)C)C2(C)C)C1. The summed E-state index contributed by atoms with van der Waals surface area (Å²) in [7, 11) is -1.42. The minimum absolute atomic E-state index is 0.108. The van der Waals surface area contributed by atoms with E-state index < -0.39 is 8.07 Å². The van der Waals surface area contributed by atoms with E-state index in [0.29, 0.717) is 0 Å². The average Bonchev–Trinajstić information content (AvgIpc) is 2.33. The van der Waals surface area contributed by atoms with Crippen molar-refractivity contribution >= 4 is 19.6 Å². The molecule has 2 nitrogen and oxygen atoms in total. The Hall–Kier alpha value is -0.703. The molecular formula is C15H26N2Si. The molecule has 0 fully saturated rings. The largest absolute Gasteiger partial charge is 0.164 e. The Morgan fingerprint density at radius 1 is 1.28 bits per heavy atom. The van der Waals surface area contributed by atoms with E-state index in [4.69, 9.17) is 0 Å². The molecule has 1 heterocycles. The summed E-state index contributed by atoms with van der Waals surface area (Å²) in [4.78, 5) is 0. The Kier molecular flexibility index (Phi) is 3.39. The molecule has 0 amide bonds. The molecule has 0 radical (unpaired) electrons. The van der Waals surface area contributed by atoms with Crippen LogP contribution in [0.1, 0.15) is 40.0 Å². The highest BCUT2D eigenvalue weighted by Gasteiger charge is 2.40. The van der Waals surface area contributed by atoms with Crippen molar-refractivity contribution in [3.63, 3.8) is 0 Å². The zero-order valence-corrected chi connectivity index (χ0v) is 13.7. The van der Waals surface area contributed by atoms with Gasteiger partial charge >= 0.3 is 0 Å². The highest BCUT2D eigenvalue weighted by Crippen LogP contribution is 2.42. The molecule has 0 spiro atoms. The van der Waals surface area contributed by atoms with Crippen LogP contribution in [0.2, 0.25) is 19.6 Å². The minimum Gasteiger partial charge on any atom is -0.164 e. The summed E-state index contributed by atoms with van der Waals surface area (Å²) >= 11 is 0. The van der Waals surface area contributed by atoms with E-state index in [-0.39, 0.29) is 5.41 Å². The van der Waals surface area contributed by atoms with Crippen LogP contribution in [0.5, 0.6) is 0 Å². The third-order valence-electron chi connectivity index (χ3n) is 4.27. The number of hydrogen-bond acceptors (Lipinski definition) is 2. The quantitative estimate of drug-likeness (QED) is 0.624. The van der Waals surface area contributed by atoms with Gasteiger partial charge in [0.15, 0.2) is 0 Å². The summed E-state index contributed by atoms with van der Waals surface area (Å²) in [6, 6.07) is 0. The van der Waals surface area contributed by atoms with E-state index in [2.05, 4.69) is 50.6 Å².